The third kappa shape index (κ3) is 8.51. The molecule has 366 valence electrons. The summed E-state index contributed by atoms with van der Waals surface area (Å²) in [7, 11) is 0. The number of rotatable bonds is 8. The minimum atomic E-state index is -7.22. The van der Waals surface area contributed by atoms with Gasteiger partial charge in [0, 0.05) is 17.7 Å². The second-order valence-corrected chi connectivity index (χ2v) is 16.0. The Labute approximate surface area is 382 Å². The van der Waals surface area contributed by atoms with Crippen LogP contribution in [0, 0.1) is 116 Å². The van der Waals surface area contributed by atoms with Gasteiger partial charge in [0.2, 0.25) is 0 Å². The van der Waals surface area contributed by atoms with Gasteiger partial charge in [-0.25, -0.2) is 92.4 Å². The first-order valence-electron chi connectivity index (χ1n) is 20.5. The lowest BCUT2D eigenvalue weighted by Crippen LogP contribution is -2.81. The van der Waals surface area contributed by atoms with E-state index >= 15 is 35.1 Å². The molecular weight excluding hydrogens is 981 g/mol. The molecule has 1 fully saturated rings. The zero-order valence-electron chi connectivity index (χ0n) is 34.9. The summed E-state index contributed by atoms with van der Waals surface area (Å²) in [6.07, 6.45) is 4.08. The first kappa shape index (κ1) is 51.0. The van der Waals surface area contributed by atoms with Gasteiger partial charge >= 0.3 is 0 Å². The highest BCUT2D eigenvalue weighted by molar-refractivity contribution is 7.20. The maximum absolute atomic E-state index is 15.4. The molecule has 1 saturated carbocycles. The lowest BCUT2D eigenvalue weighted by atomic mass is 9.12. The van der Waals surface area contributed by atoms with E-state index in [1.165, 1.54) is 54.4 Å². The number of hydrogen-bond donors (Lipinski definition) is 0. The van der Waals surface area contributed by atoms with E-state index in [4.69, 9.17) is 0 Å². The Kier molecular flexibility index (Phi) is 14.5. The van der Waals surface area contributed by atoms with Gasteiger partial charge in [0.1, 0.15) is 52.7 Å². The van der Waals surface area contributed by atoms with E-state index in [9.17, 15) is 52.7 Å². The summed E-state index contributed by atoms with van der Waals surface area (Å²) >= 11 is 0. The molecule has 1 heterocycles. The van der Waals surface area contributed by atoms with Crippen molar-refractivity contribution in [3.8, 4) is 11.1 Å². The molecule has 0 atom stereocenters. The SMILES string of the molecule is Fc1c(F)c(F)c([B-](c2c(F)c(F)c(F)c(F)c2F)(c2c(F)c(F)c(F)c(F)c2F)c2c(F)c(F)c(F)c(F)c2F)c(F)c1F.c1ccc(C[n+]2ccc(-c3ccc(C4CCCCC4)cc3)cc2)cc1. The summed E-state index contributed by atoms with van der Waals surface area (Å²) in [4.78, 5) is 0. The van der Waals surface area contributed by atoms with Crippen LogP contribution >= 0.6 is 0 Å². The van der Waals surface area contributed by atoms with E-state index in [-0.39, 0.29) is 0 Å². The van der Waals surface area contributed by atoms with Gasteiger partial charge in [-0.1, -0.05) is 73.9 Å². The average Bonchev–Trinajstić information content (AvgIpc) is 3.37. The predicted molar refractivity (Wildman–Crippen MR) is 213 cm³/mol. The average molecular weight is 1010 g/mol. The maximum atomic E-state index is 15.4. The van der Waals surface area contributed by atoms with Crippen LogP contribution in [0.25, 0.3) is 11.1 Å². The van der Waals surface area contributed by atoms with Crippen LogP contribution in [0.3, 0.4) is 0 Å². The van der Waals surface area contributed by atoms with Gasteiger partial charge in [0.15, 0.2) is 88.7 Å². The molecular formula is C48H26BF20N. The fourth-order valence-corrected chi connectivity index (χ4v) is 8.81. The Hall–Kier alpha value is -6.87. The molecule has 0 saturated heterocycles. The highest BCUT2D eigenvalue weighted by Gasteiger charge is 2.52. The Morgan fingerprint density at radius 2 is 0.614 bits per heavy atom. The number of hydrogen-bond acceptors (Lipinski definition) is 0. The number of nitrogens with zero attached hydrogens (tertiary/aromatic N) is 1. The van der Waals surface area contributed by atoms with Gasteiger partial charge in [-0.05, 0) is 35.4 Å². The zero-order chi connectivity index (χ0) is 51.3. The van der Waals surface area contributed by atoms with Crippen LogP contribution in [0.1, 0.15) is 49.1 Å². The van der Waals surface area contributed by atoms with Crippen LogP contribution in [0.15, 0.2) is 79.1 Å². The van der Waals surface area contributed by atoms with Crippen LogP contribution in [0.4, 0.5) is 87.8 Å². The Morgan fingerprint density at radius 3 is 0.929 bits per heavy atom. The van der Waals surface area contributed by atoms with Crippen molar-refractivity contribution in [3.05, 3.63) is 207 Å². The Morgan fingerprint density at radius 1 is 0.329 bits per heavy atom. The number of halogens is 20. The van der Waals surface area contributed by atoms with Crippen molar-refractivity contribution in [2.45, 2.75) is 44.6 Å². The van der Waals surface area contributed by atoms with Crippen LogP contribution < -0.4 is 26.4 Å². The Balaban J connectivity index is 0.000000242. The van der Waals surface area contributed by atoms with Crippen molar-refractivity contribution < 1.29 is 92.4 Å². The predicted octanol–water partition coefficient (Wildman–Crippen LogP) is 11.6. The molecule has 8 rings (SSSR count). The fraction of sp³-hybridized carbons (Fsp3) is 0.146. The maximum Gasteiger partial charge on any atom is 0.200 e. The van der Waals surface area contributed by atoms with Crippen molar-refractivity contribution in [1.82, 2.24) is 0 Å². The summed E-state index contributed by atoms with van der Waals surface area (Å²) in [6.45, 7) is 0.918. The van der Waals surface area contributed by atoms with E-state index in [0.29, 0.717) is 0 Å². The highest BCUT2D eigenvalue weighted by atomic mass is 19.2. The van der Waals surface area contributed by atoms with Gasteiger partial charge in [-0.3, -0.25) is 0 Å². The van der Waals surface area contributed by atoms with Crippen molar-refractivity contribution in [2.24, 2.45) is 0 Å². The minimum absolute atomic E-state index is 0.784. The Bertz CT molecular complexity index is 2760. The van der Waals surface area contributed by atoms with Crippen LogP contribution in [0.2, 0.25) is 0 Å². The molecule has 1 nitrogen and oxygen atoms in total. The molecule has 6 aromatic carbocycles. The smallest absolute Gasteiger partial charge is 0.200 e. The quantitative estimate of drug-likeness (QED) is 0.0470. The fourth-order valence-electron chi connectivity index (χ4n) is 8.81. The normalized spacial score (nSPS) is 13.1. The van der Waals surface area contributed by atoms with Crippen LogP contribution in [-0.2, 0) is 6.54 Å². The van der Waals surface area contributed by atoms with E-state index < -0.39 is 144 Å². The molecule has 70 heavy (non-hydrogen) atoms. The second-order valence-electron chi connectivity index (χ2n) is 16.0. The summed E-state index contributed by atoms with van der Waals surface area (Å²) in [6, 6.07) is 24.3. The molecule has 7 aromatic rings. The van der Waals surface area contributed by atoms with E-state index in [1.807, 2.05) is 0 Å². The van der Waals surface area contributed by atoms with Crippen molar-refractivity contribution >= 4 is 28.0 Å². The second kappa shape index (κ2) is 19.9. The molecule has 1 aliphatic rings. The number of pyridine rings is 1. The van der Waals surface area contributed by atoms with Crippen molar-refractivity contribution in [2.75, 3.05) is 0 Å². The standard InChI is InChI=1S/C24BF20.C24H26N/c26-5-1(6(27)14(35)21(42)13(5)34)25(2-7(28)15(36)22(43)16(37)8(2)29,3-9(30)17(38)23(44)18(39)10(3)31)4-11(32)19(40)24(45)20(41)12(4)33;1-3-7-20(8-4-1)19-25-17-15-24(16-18-25)23-13-11-22(12-14-23)21-9-5-2-6-10-21/h;1,3-4,7-8,11-18,21H,2,5-6,9-10,19H2/q-1;+1. The summed E-state index contributed by atoms with van der Waals surface area (Å²) < 4.78 is 296. The number of benzene rings is 6. The third-order valence-corrected chi connectivity index (χ3v) is 12.1. The topological polar surface area (TPSA) is 3.88 Å². The lowest BCUT2D eigenvalue weighted by molar-refractivity contribution is -0.688. The van der Waals surface area contributed by atoms with Gasteiger partial charge in [-0.2, -0.15) is 0 Å². The summed E-state index contributed by atoms with van der Waals surface area (Å²) in [5.41, 5.74) is -8.87. The molecule has 0 bridgehead atoms. The van der Waals surface area contributed by atoms with Gasteiger partial charge in [0.25, 0.3) is 0 Å². The van der Waals surface area contributed by atoms with E-state index in [1.54, 1.807) is 0 Å². The van der Waals surface area contributed by atoms with E-state index in [0.717, 1.165) is 12.5 Å². The van der Waals surface area contributed by atoms with Crippen LogP contribution in [-0.4, -0.2) is 6.15 Å². The largest absolute Gasteiger partial charge is 0.207 e. The molecule has 0 radical (unpaired) electrons. The molecule has 0 N–H and O–H groups in total. The third-order valence-electron chi connectivity index (χ3n) is 12.1. The first-order valence-corrected chi connectivity index (χ1v) is 20.5. The number of aromatic nitrogens is 1. The van der Waals surface area contributed by atoms with Crippen LogP contribution in [0.5, 0.6) is 0 Å². The molecule has 0 amide bonds. The first-order chi connectivity index (χ1) is 33.1. The molecule has 0 aliphatic heterocycles. The monoisotopic (exact) mass is 1010 g/mol. The van der Waals surface area contributed by atoms with Gasteiger partial charge in [-0.15, -0.1) is 21.9 Å². The van der Waals surface area contributed by atoms with Crippen molar-refractivity contribution in [1.29, 1.82) is 0 Å². The lowest BCUT2D eigenvalue weighted by Gasteiger charge is -2.44. The molecule has 22 heteroatoms. The molecule has 0 spiro atoms. The van der Waals surface area contributed by atoms with Gasteiger partial charge < -0.3 is 0 Å². The minimum Gasteiger partial charge on any atom is -0.207 e. The van der Waals surface area contributed by atoms with Crippen molar-refractivity contribution in [3.63, 3.8) is 0 Å². The van der Waals surface area contributed by atoms with E-state index in [2.05, 4.69) is 83.7 Å². The highest BCUT2D eigenvalue weighted by Crippen LogP contribution is 2.34. The zero-order valence-corrected chi connectivity index (χ0v) is 34.9. The molecule has 1 aromatic heterocycles. The molecule has 0 unspecified atom stereocenters. The summed E-state index contributed by atoms with van der Waals surface area (Å²) in [5, 5.41) is 0. The molecule has 1 aliphatic carbocycles. The summed E-state index contributed by atoms with van der Waals surface area (Å²) in [5.74, 6) is -70.6. The van der Waals surface area contributed by atoms with Gasteiger partial charge in [0.05, 0.1) is 0 Å².